The zero-order valence-electron chi connectivity index (χ0n) is 17.3. The van der Waals surface area contributed by atoms with E-state index in [9.17, 15) is 8.78 Å². The molecule has 0 radical (unpaired) electrons. The molecule has 0 aliphatic carbocycles. The summed E-state index contributed by atoms with van der Waals surface area (Å²) in [6, 6.07) is 5.08. The highest BCUT2D eigenvalue weighted by molar-refractivity contribution is 5.79. The Morgan fingerprint density at radius 1 is 1.24 bits per heavy atom. The molecule has 1 aromatic rings. The van der Waals surface area contributed by atoms with Gasteiger partial charge in [-0.1, -0.05) is 12.1 Å². The Balaban J connectivity index is 1.94. The Morgan fingerprint density at radius 2 is 2.03 bits per heavy atom. The number of morpholine rings is 1. The van der Waals surface area contributed by atoms with Gasteiger partial charge in [0, 0.05) is 31.7 Å². The van der Waals surface area contributed by atoms with Gasteiger partial charge in [-0.25, -0.2) is 4.99 Å². The number of para-hydroxylation sites is 1. The van der Waals surface area contributed by atoms with Crippen molar-refractivity contribution in [3.8, 4) is 11.5 Å². The molecular formula is C20H32F2N4O3. The van der Waals surface area contributed by atoms with Crippen LogP contribution in [0.5, 0.6) is 11.5 Å². The van der Waals surface area contributed by atoms with Gasteiger partial charge >= 0.3 is 6.61 Å². The van der Waals surface area contributed by atoms with Gasteiger partial charge in [-0.2, -0.15) is 8.78 Å². The van der Waals surface area contributed by atoms with Crippen LogP contribution >= 0.6 is 0 Å². The molecule has 0 saturated carbocycles. The number of aliphatic imine (C=N–C) groups is 1. The van der Waals surface area contributed by atoms with E-state index in [2.05, 4.69) is 20.5 Å². The summed E-state index contributed by atoms with van der Waals surface area (Å²) in [4.78, 5) is 6.89. The van der Waals surface area contributed by atoms with E-state index >= 15 is 0 Å². The second kappa shape index (κ2) is 13.2. The van der Waals surface area contributed by atoms with Crippen LogP contribution in [0, 0.1) is 0 Å². The molecule has 9 heteroatoms. The molecule has 0 unspecified atom stereocenters. The van der Waals surface area contributed by atoms with Gasteiger partial charge < -0.3 is 24.8 Å². The van der Waals surface area contributed by atoms with Crippen LogP contribution in [0.15, 0.2) is 23.2 Å². The van der Waals surface area contributed by atoms with Crippen molar-refractivity contribution < 1.29 is 23.0 Å². The zero-order valence-corrected chi connectivity index (χ0v) is 17.3. The van der Waals surface area contributed by atoms with Crippen molar-refractivity contribution in [3.63, 3.8) is 0 Å². The van der Waals surface area contributed by atoms with Gasteiger partial charge in [0.15, 0.2) is 17.5 Å². The predicted molar refractivity (Wildman–Crippen MR) is 109 cm³/mol. The number of guanidine groups is 1. The van der Waals surface area contributed by atoms with Gasteiger partial charge in [0.05, 0.1) is 26.4 Å². The maximum absolute atomic E-state index is 12.8. The average molecular weight is 414 g/mol. The fourth-order valence-corrected chi connectivity index (χ4v) is 3.02. The first-order valence-electron chi connectivity index (χ1n) is 10.2. The molecule has 7 nitrogen and oxygen atoms in total. The Labute approximate surface area is 171 Å². The maximum atomic E-state index is 12.8. The van der Waals surface area contributed by atoms with Crippen molar-refractivity contribution in [3.05, 3.63) is 23.8 Å². The van der Waals surface area contributed by atoms with Crippen LogP contribution < -0.4 is 20.1 Å². The van der Waals surface area contributed by atoms with Crippen LogP contribution in [0.4, 0.5) is 8.78 Å². The number of hydrogen-bond acceptors (Lipinski definition) is 5. The molecule has 1 saturated heterocycles. The van der Waals surface area contributed by atoms with Crippen LogP contribution in [0.3, 0.4) is 0 Å². The minimum absolute atomic E-state index is 0.0382. The molecule has 0 amide bonds. The number of rotatable bonds is 11. The van der Waals surface area contributed by atoms with E-state index in [1.54, 1.807) is 25.1 Å². The van der Waals surface area contributed by atoms with Crippen molar-refractivity contribution in [2.45, 2.75) is 33.4 Å². The van der Waals surface area contributed by atoms with E-state index < -0.39 is 6.61 Å². The highest BCUT2D eigenvalue weighted by atomic mass is 19.3. The zero-order chi connectivity index (χ0) is 20.9. The number of benzene rings is 1. The van der Waals surface area contributed by atoms with Gasteiger partial charge in [0.1, 0.15) is 0 Å². The third-order valence-corrected chi connectivity index (χ3v) is 4.37. The quantitative estimate of drug-likeness (QED) is 0.329. The first kappa shape index (κ1) is 23.2. The van der Waals surface area contributed by atoms with E-state index in [-0.39, 0.29) is 12.3 Å². The molecule has 0 spiro atoms. The van der Waals surface area contributed by atoms with Crippen molar-refractivity contribution in [2.24, 2.45) is 4.99 Å². The van der Waals surface area contributed by atoms with E-state index in [0.29, 0.717) is 30.4 Å². The molecule has 1 aromatic carbocycles. The van der Waals surface area contributed by atoms with Gasteiger partial charge in [0.2, 0.25) is 0 Å². The summed E-state index contributed by atoms with van der Waals surface area (Å²) in [6.45, 7) is 7.40. The number of alkyl halides is 2. The Morgan fingerprint density at radius 3 is 2.72 bits per heavy atom. The number of nitrogens with one attached hydrogen (secondary N) is 2. The van der Waals surface area contributed by atoms with E-state index in [4.69, 9.17) is 14.2 Å². The van der Waals surface area contributed by atoms with Crippen LogP contribution in [0.1, 0.15) is 25.8 Å². The Bertz CT molecular complexity index is 626. The number of hydrogen-bond donors (Lipinski definition) is 2. The lowest BCUT2D eigenvalue weighted by atomic mass is 10.2. The summed E-state index contributed by atoms with van der Waals surface area (Å²) in [5, 5.41) is 6.47. The lowest BCUT2D eigenvalue weighted by molar-refractivity contribution is -0.0520. The van der Waals surface area contributed by atoms with Crippen LogP contribution in [-0.4, -0.2) is 70.0 Å². The smallest absolute Gasteiger partial charge is 0.387 e. The fraction of sp³-hybridized carbons (Fsp3) is 0.650. The van der Waals surface area contributed by atoms with Crippen LogP contribution in [0.25, 0.3) is 0 Å². The summed E-state index contributed by atoms with van der Waals surface area (Å²) in [6.07, 6.45) is 0.976. The molecule has 1 aliphatic rings. The highest BCUT2D eigenvalue weighted by Gasteiger charge is 2.16. The lowest BCUT2D eigenvalue weighted by Gasteiger charge is -2.26. The van der Waals surface area contributed by atoms with Gasteiger partial charge in [-0.05, 0) is 32.9 Å². The maximum Gasteiger partial charge on any atom is 0.387 e. The molecule has 1 fully saturated rings. The van der Waals surface area contributed by atoms with Crippen molar-refractivity contribution in [1.82, 2.24) is 15.5 Å². The van der Waals surface area contributed by atoms with Crippen LogP contribution in [0.2, 0.25) is 0 Å². The topological polar surface area (TPSA) is 67.4 Å². The van der Waals surface area contributed by atoms with E-state index in [1.807, 2.05) is 6.92 Å². The summed E-state index contributed by atoms with van der Waals surface area (Å²) in [5.74, 6) is 0.972. The van der Waals surface area contributed by atoms with Crippen molar-refractivity contribution >= 4 is 5.96 Å². The third-order valence-electron chi connectivity index (χ3n) is 4.37. The number of nitrogens with zero attached hydrogens (tertiary/aromatic N) is 2. The highest BCUT2D eigenvalue weighted by Crippen LogP contribution is 2.33. The monoisotopic (exact) mass is 414 g/mol. The molecule has 2 rings (SSSR count). The summed E-state index contributed by atoms with van der Waals surface area (Å²) in [5.41, 5.74) is 0.543. The normalized spacial score (nSPS) is 15.4. The van der Waals surface area contributed by atoms with E-state index in [1.165, 1.54) is 0 Å². The molecule has 1 heterocycles. The Hall–Kier alpha value is -2.13. The van der Waals surface area contributed by atoms with Crippen molar-refractivity contribution in [2.75, 3.05) is 52.5 Å². The largest absolute Gasteiger partial charge is 0.490 e. The molecule has 29 heavy (non-hydrogen) atoms. The van der Waals surface area contributed by atoms with E-state index in [0.717, 1.165) is 45.8 Å². The lowest BCUT2D eigenvalue weighted by Crippen LogP contribution is -2.40. The first-order valence-corrected chi connectivity index (χ1v) is 10.2. The minimum atomic E-state index is -2.93. The van der Waals surface area contributed by atoms with Gasteiger partial charge in [-0.15, -0.1) is 0 Å². The summed E-state index contributed by atoms with van der Waals surface area (Å²) >= 11 is 0. The fourth-order valence-electron chi connectivity index (χ4n) is 3.02. The average Bonchev–Trinajstić information content (AvgIpc) is 2.71. The second-order valence-corrected chi connectivity index (χ2v) is 6.49. The molecule has 0 aromatic heterocycles. The summed E-state index contributed by atoms with van der Waals surface area (Å²) < 4.78 is 41.2. The molecule has 0 bridgehead atoms. The second-order valence-electron chi connectivity index (χ2n) is 6.49. The molecule has 164 valence electrons. The summed E-state index contributed by atoms with van der Waals surface area (Å²) in [7, 11) is 0. The third kappa shape index (κ3) is 8.41. The molecule has 0 atom stereocenters. The van der Waals surface area contributed by atoms with Crippen LogP contribution in [-0.2, 0) is 11.3 Å². The predicted octanol–water partition coefficient (Wildman–Crippen LogP) is 2.46. The Kier molecular flexibility index (Phi) is 10.5. The minimum Gasteiger partial charge on any atom is -0.490 e. The van der Waals surface area contributed by atoms with Gasteiger partial charge in [-0.3, -0.25) is 4.90 Å². The standard InChI is InChI=1S/C20H32F2N4O3/c1-3-23-20(24-9-6-10-26-11-13-27-14-12-26)25-15-16-7-5-8-17(28-4-2)18(16)29-19(21)22/h5,7-8,19H,3-4,6,9-15H2,1-2H3,(H2,23,24,25). The molecule has 2 N–H and O–H groups in total. The SMILES string of the molecule is CCNC(=NCc1cccc(OCC)c1OC(F)F)NCCCN1CCOCC1. The molecule has 1 aliphatic heterocycles. The molecular weight excluding hydrogens is 382 g/mol. The number of ether oxygens (including phenoxy) is 3. The first-order chi connectivity index (χ1) is 14.1. The van der Waals surface area contributed by atoms with Crippen molar-refractivity contribution in [1.29, 1.82) is 0 Å². The van der Waals surface area contributed by atoms with Gasteiger partial charge in [0.25, 0.3) is 0 Å². The number of halogens is 2.